The highest BCUT2D eigenvalue weighted by atomic mass is 19.1. The molecule has 2 heterocycles. The van der Waals surface area contributed by atoms with Crippen molar-refractivity contribution < 1.29 is 13.6 Å². The van der Waals surface area contributed by atoms with E-state index in [4.69, 9.17) is 0 Å². The van der Waals surface area contributed by atoms with E-state index in [-0.39, 0.29) is 18.0 Å². The molecule has 0 fully saturated rings. The summed E-state index contributed by atoms with van der Waals surface area (Å²) < 4.78 is 27.6. The number of anilines is 1. The fourth-order valence-electron chi connectivity index (χ4n) is 3.10. The molecule has 8 heteroatoms. The number of halogens is 2. The first-order valence-corrected chi connectivity index (χ1v) is 9.54. The molecule has 0 unspecified atom stereocenters. The Labute approximate surface area is 177 Å². The molecule has 0 radical (unpaired) electrons. The zero-order valence-electron chi connectivity index (χ0n) is 16.9. The smallest absolute Gasteiger partial charge is 0.241 e. The highest BCUT2D eigenvalue weighted by molar-refractivity contribution is 5.94. The van der Waals surface area contributed by atoms with Gasteiger partial charge >= 0.3 is 0 Å². The van der Waals surface area contributed by atoms with Crippen LogP contribution in [-0.2, 0) is 4.79 Å². The lowest BCUT2D eigenvalue weighted by Gasteiger charge is -2.14. The minimum absolute atomic E-state index is 0.0555. The summed E-state index contributed by atoms with van der Waals surface area (Å²) in [6.07, 6.45) is 3.29. The van der Waals surface area contributed by atoms with Gasteiger partial charge in [0.15, 0.2) is 5.82 Å². The molecule has 2 aromatic heterocycles. The SMILES string of the molecule is CN(C)C(=O)CNc1nc(-c2cccnc2)nc2cc(-c3ccc(F)cc3F)ccc12. The summed E-state index contributed by atoms with van der Waals surface area (Å²) >= 11 is 0. The van der Waals surface area contributed by atoms with Gasteiger partial charge in [-0.3, -0.25) is 9.78 Å². The number of nitrogens with one attached hydrogen (secondary N) is 1. The molecule has 31 heavy (non-hydrogen) atoms. The number of carbonyl (C=O) groups is 1. The van der Waals surface area contributed by atoms with Gasteiger partial charge in [0.05, 0.1) is 12.1 Å². The van der Waals surface area contributed by atoms with Crippen LogP contribution in [0, 0.1) is 11.6 Å². The lowest BCUT2D eigenvalue weighted by Crippen LogP contribution is -2.28. The number of aromatic nitrogens is 3. The van der Waals surface area contributed by atoms with Crippen LogP contribution in [0.3, 0.4) is 0 Å². The molecule has 0 atom stereocenters. The van der Waals surface area contributed by atoms with E-state index in [2.05, 4.69) is 20.3 Å². The Morgan fingerprint density at radius 1 is 1.03 bits per heavy atom. The van der Waals surface area contributed by atoms with Gasteiger partial charge in [0, 0.05) is 49.1 Å². The predicted molar refractivity (Wildman–Crippen MR) is 115 cm³/mol. The van der Waals surface area contributed by atoms with Gasteiger partial charge in [0.2, 0.25) is 5.91 Å². The van der Waals surface area contributed by atoms with Crippen molar-refractivity contribution in [3.63, 3.8) is 0 Å². The molecule has 6 nitrogen and oxygen atoms in total. The summed E-state index contributed by atoms with van der Waals surface area (Å²) in [6.45, 7) is 0.0555. The van der Waals surface area contributed by atoms with Crippen LogP contribution in [-0.4, -0.2) is 46.4 Å². The molecule has 0 aliphatic rings. The second kappa shape index (κ2) is 8.43. The number of rotatable bonds is 5. The maximum Gasteiger partial charge on any atom is 0.241 e. The summed E-state index contributed by atoms with van der Waals surface area (Å²) in [5, 5.41) is 3.74. The molecule has 1 N–H and O–H groups in total. The van der Waals surface area contributed by atoms with Crippen molar-refractivity contribution in [2.45, 2.75) is 0 Å². The Hall–Kier alpha value is -3.94. The standard InChI is InChI=1S/C23H19F2N5O/c1-30(2)21(31)13-27-23-18-7-5-14(17-8-6-16(24)11-19(17)25)10-20(18)28-22(29-23)15-4-3-9-26-12-15/h3-12H,13H2,1-2H3,(H,27,28,29). The van der Waals surface area contributed by atoms with Crippen LogP contribution in [0.4, 0.5) is 14.6 Å². The van der Waals surface area contributed by atoms with Crippen molar-refractivity contribution >= 4 is 22.6 Å². The van der Waals surface area contributed by atoms with Crippen molar-refractivity contribution in [3.8, 4) is 22.5 Å². The number of hydrogen-bond acceptors (Lipinski definition) is 5. The zero-order valence-corrected chi connectivity index (χ0v) is 16.9. The maximum absolute atomic E-state index is 14.3. The third kappa shape index (κ3) is 4.32. The Morgan fingerprint density at radius 3 is 2.58 bits per heavy atom. The van der Waals surface area contributed by atoms with Gasteiger partial charge in [0.1, 0.15) is 17.5 Å². The average Bonchev–Trinajstić information content (AvgIpc) is 2.77. The number of nitrogens with zero attached hydrogens (tertiary/aromatic N) is 4. The molecule has 0 saturated carbocycles. The van der Waals surface area contributed by atoms with E-state index >= 15 is 0 Å². The number of hydrogen-bond donors (Lipinski definition) is 1. The third-order valence-corrected chi connectivity index (χ3v) is 4.76. The number of carbonyl (C=O) groups excluding carboxylic acids is 1. The van der Waals surface area contributed by atoms with E-state index in [9.17, 15) is 13.6 Å². The van der Waals surface area contributed by atoms with Crippen LogP contribution in [0.5, 0.6) is 0 Å². The lowest BCUT2D eigenvalue weighted by atomic mass is 10.0. The van der Waals surface area contributed by atoms with E-state index in [1.54, 1.807) is 50.8 Å². The van der Waals surface area contributed by atoms with Crippen LogP contribution < -0.4 is 5.32 Å². The normalized spacial score (nSPS) is 10.8. The van der Waals surface area contributed by atoms with Gasteiger partial charge in [-0.2, -0.15) is 0 Å². The van der Waals surface area contributed by atoms with E-state index < -0.39 is 11.6 Å². The number of pyridine rings is 1. The van der Waals surface area contributed by atoms with Gasteiger partial charge in [-0.25, -0.2) is 18.7 Å². The minimum atomic E-state index is -0.657. The molecule has 0 aliphatic carbocycles. The van der Waals surface area contributed by atoms with E-state index in [1.807, 2.05) is 6.07 Å². The van der Waals surface area contributed by atoms with Gasteiger partial charge in [0.25, 0.3) is 0 Å². The molecular formula is C23H19F2N5O. The van der Waals surface area contributed by atoms with Gasteiger partial charge < -0.3 is 10.2 Å². The second-order valence-electron chi connectivity index (χ2n) is 7.14. The van der Waals surface area contributed by atoms with E-state index in [0.29, 0.717) is 33.7 Å². The Balaban J connectivity index is 1.84. The molecule has 1 amide bonds. The summed E-state index contributed by atoms with van der Waals surface area (Å²) in [7, 11) is 3.35. The van der Waals surface area contributed by atoms with Crippen LogP contribution in [0.15, 0.2) is 60.9 Å². The third-order valence-electron chi connectivity index (χ3n) is 4.76. The summed E-state index contributed by atoms with van der Waals surface area (Å²) in [5.74, 6) is -0.516. The molecule has 0 spiro atoms. The first-order valence-electron chi connectivity index (χ1n) is 9.54. The van der Waals surface area contributed by atoms with E-state index in [1.165, 1.54) is 17.0 Å². The van der Waals surface area contributed by atoms with Gasteiger partial charge in [-0.05, 0) is 42.0 Å². The number of amides is 1. The van der Waals surface area contributed by atoms with Crippen LogP contribution >= 0.6 is 0 Å². The first kappa shape index (κ1) is 20.3. The van der Waals surface area contributed by atoms with Gasteiger partial charge in [-0.1, -0.05) is 6.07 Å². The monoisotopic (exact) mass is 419 g/mol. The molecule has 2 aromatic carbocycles. The fraction of sp³-hybridized carbons (Fsp3) is 0.130. The quantitative estimate of drug-likeness (QED) is 0.527. The van der Waals surface area contributed by atoms with Crippen molar-refractivity contribution in [1.29, 1.82) is 0 Å². The predicted octanol–water partition coefficient (Wildman–Crippen LogP) is 4.14. The summed E-state index contributed by atoms with van der Waals surface area (Å²) in [4.78, 5) is 26.8. The molecule has 156 valence electrons. The maximum atomic E-state index is 14.3. The number of fused-ring (bicyclic) bond motifs is 1. The topological polar surface area (TPSA) is 71.0 Å². The lowest BCUT2D eigenvalue weighted by molar-refractivity contribution is -0.126. The van der Waals surface area contributed by atoms with E-state index in [0.717, 1.165) is 6.07 Å². The van der Waals surface area contributed by atoms with Crippen molar-refractivity contribution in [2.24, 2.45) is 0 Å². The Bertz CT molecular complexity index is 1260. The summed E-state index contributed by atoms with van der Waals surface area (Å²) in [6, 6.07) is 12.2. The fourth-order valence-corrected chi connectivity index (χ4v) is 3.10. The highest BCUT2D eigenvalue weighted by Crippen LogP contribution is 2.30. The molecular weight excluding hydrogens is 400 g/mol. The first-order chi connectivity index (χ1) is 14.9. The Kier molecular flexibility index (Phi) is 5.53. The van der Waals surface area contributed by atoms with Crippen molar-refractivity contribution in [3.05, 3.63) is 72.6 Å². The highest BCUT2D eigenvalue weighted by Gasteiger charge is 2.14. The number of likely N-dealkylation sites (N-methyl/N-ethyl adjacent to an activating group) is 1. The summed E-state index contributed by atoms with van der Waals surface area (Å²) in [5.41, 5.74) is 2.07. The molecule has 4 aromatic rings. The van der Waals surface area contributed by atoms with Gasteiger partial charge in [-0.15, -0.1) is 0 Å². The minimum Gasteiger partial charge on any atom is -0.360 e. The second-order valence-corrected chi connectivity index (χ2v) is 7.14. The zero-order chi connectivity index (χ0) is 22.0. The van der Waals surface area contributed by atoms with Crippen molar-refractivity contribution in [2.75, 3.05) is 26.0 Å². The Morgan fingerprint density at radius 2 is 1.87 bits per heavy atom. The average molecular weight is 419 g/mol. The molecule has 0 aliphatic heterocycles. The molecule has 4 rings (SSSR count). The molecule has 0 saturated heterocycles. The largest absolute Gasteiger partial charge is 0.360 e. The van der Waals surface area contributed by atoms with Crippen LogP contribution in [0.25, 0.3) is 33.4 Å². The van der Waals surface area contributed by atoms with Crippen LogP contribution in [0.2, 0.25) is 0 Å². The molecule has 0 bridgehead atoms. The number of benzene rings is 2. The van der Waals surface area contributed by atoms with Crippen molar-refractivity contribution in [1.82, 2.24) is 19.9 Å². The van der Waals surface area contributed by atoms with Crippen LogP contribution in [0.1, 0.15) is 0 Å².